The number of thiocarbonyl (C=S) groups is 1. The molecule has 0 bridgehead atoms. The molecule has 39 heavy (non-hydrogen) atoms. The maximum Gasteiger partial charge on any atom is 0.338 e. The number of rotatable bonds is 7. The van der Waals surface area contributed by atoms with Crippen LogP contribution in [-0.4, -0.2) is 64.5 Å². The summed E-state index contributed by atoms with van der Waals surface area (Å²) in [5.74, 6) is -0.940. The lowest BCUT2D eigenvalue weighted by Crippen LogP contribution is -2.52. The summed E-state index contributed by atoms with van der Waals surface area (Å²) in [5.41, 5.74) is 0.609. The summed E-state index contributed by atoms with van der Waals surface area (Å²) >= 11 is 5.39. The maximum atomic E-state index is 12.7. The molecule has 0 saturated carbocycles. The van der Waals surface area contributed by atoms with Crippen LogP contribution >= 0.6 is 12.2 Å². The largest absolute Gasteiger partial charge is 0.462 e. The van der Waals surface area contributed by atoms with Crippen molar-refractivity contribution < 1.29 is 28.6 Å². The predicted molar refractivity (Wildman–Crippen MR) is 144 cm³/mol. The minimum atomic E-state index is -0.633. The van der Waals surface area contributed by atoms with Crippen molar-refractivity contribution in [3.05, 3.63) is 86.1 Å². The van der Waals surface area contributed by atoms with Crippen LogP contribution in [-0.2, 0) is 4.74 Å². The van der Waals surface area contributed by atoms with Crippen LogP contribution in [0, 0.1) is 20.2 Å². The SMILES string of the molecule is CCOC(=O)c1ccc(N2CCN(C(=S)NC(=O)c3ccc(-c4cccc([N+](=O)[O-])c4)o3)CC2)c([N+](=O)[O-])c1. The lowest BCUT2D eigenvalue weighted by molar-refractivity contribution is -0.384. The Balaban J connectivity index is 1.37. The van der Waals surface area contributed by atoms with Gasteiger partial charge in [-0.1, -0.05) is 12.1 Å². The molecule has 13 nitrogen and oxygen atoms in total. The number of nitro benzene ring substituents is 2. The Kier molecular flexibility index (Phi) is 8.15. The molecular weight excluding hydrogens is 530 g/mol. The molecule has 1 fully saturated rings. The van der Waals surface area contributed by atoms with E-state index in [1.807, 2.05) is 4.90 Å². The number of anilines is 1. The van der Waals surface area contributed by atoms with Gasteiger partial charge in [0.15, 0.2) is 10.9 Å². The number of amides is 1. The topological polar surface area (TPSA) is 161 Å². The molecule has 0 aliphatic carbocycles. The Labute approximate surface area is 227 Å². The number of benzene rings is 2. The second kappa shape index (κ2) is 11.7. The molecule has 202 valence electrons. The van der Waals surface area contributed by atoms with Gasteiger partial charge in [-0.05, 0) is 43.4 Å². The van der Waals surface area contributed by atoms with E-state index in [4.69, 9.17) is 21.4 Å². The molecular formula is C25H23N5O8S. The van der Waals surface area contributed by atoms with Gasteiger partial charge in [-0.15, -0.1) is 0 Å². The van der Waals surface area contributed by atoms with Gasteiger partial charge in [-0.2, -0.15) is 0 Å². The number of non-ortho nitro benzene ring substituents is 1. The Morgan fingerprint density at radius 2 is 1.77 bits per heavy atom. The molecule has 1 N–H and O–H groups in total. The van der Waals surface area contributed by atoms with Crippen molar-refractivity contribution in [2.75, 3.05) is 37.7 Å². The lowest BCUT2D eigenvalue weighted by atomic mass is 10.1. The number of ether oxygens (including phenoxy) is 1. The number of furan rings is 1. The van der Waals surface area contributed by atoms with Crippen LogP contribution in [0.3, 0.4) is 0 Å². The van der Waals surface area contributed by atoms with Crippen molar-refractivity contribution >= 4 is 46.3 Å². The highest BCUT2D eigenvalue weighted by atomic mass is 32.1. The lowest BCUT2D eigenvalue weighted by Gasteiger charge is -2.36. The molecule has 14 heteroatoms. The van der Waals surface area contributed by atoms with E-state index in [-0.39, 0.29) is 34.4 Å². The van der Waals surface area contributed by atoms with E-state index in [1.165, 1.54) is 48.5 Å². The zero-order chi connectivity index (χ0) is 28.1. The highest BCUT2D eigenvalue weighted by molar-refractivity contribution is 7.80. The van der Waals surface area contributed by atoms with E-state index < -0.39 is 21.7 Å². The average Bonchev–Trinajstić information content (AvgIpc) is 3.44. The molecule has 4 rings (SSSR count). The van der Waals surface area contributed by atoms with E-state index in [0.717, 1.165) is 0 Å². The molecule has 2 aromatic carbocycles. The van der Waals surface area contributed by atoms with Gasteiger partial charge >= 0.3 is 5.97 Å². The van der Waals surface area contributed by atoms with Gasteiger partial charge in [0.1, 0.15) is 11.4 Å². The van der Waals surface area contributed by atoms with Crippen LogP contribution in [0.2, 0.25) is 0 Å². The van der Waals surface area contributed by atoms with Gasteiger partial charge in [-0.25, -0.2) is 4.79 Å². The van der Waals surface area contributed by atoms with Crippen molar-refractivity contribution in [1.29, 1.82) is 0 Å². The molecule has 0 spiro atoms. The van der Waals surface area contributed by atoms with Gasteiger partial charge < -0.3 is 19.0 Å². The first kappa shape index (κ1) is 27.2. The van der Waals surface area contributed by atoms with Crippen LogP contribution in [0.1, 0.15) is 27.8 Å². The maximum absolute atomic E-state index is 12.7. The zero-order valence-electron chi connectivity index (χ0n) is 20.7. The fourth-order valence-electron chi connectivity index (χ4n) is 4.05. The van der Waals surface area contributed by atoms with Crippen molar-refractivity contribution in [3.8, 4) is 11.3 Å². The van der Waals surface area contributed by atoms with Gasteiger partial charge in [0.05, 0.1) is 22.0 Å². The fourth-order valence-corrected chi connectivity index (χ4v) is 4.33. The first-order valence-electron chi connectivity index (χ1n) is 11.8. The molecule has 1 aliphatic rings. The van der Waals surface area contributed by atoms with Gasteiger partial charge in [0, 0.05) is 49.9 Å². The molecule has 1 aliphatic heterocycles. The highest BCUT2D eigenvalue weighted by Gasteiger charge is 2.27. The second-order valence-corrected chi connectivity index (χ2v) is 8.77. The number of esters is 1. The minimum Gasteiger partial charge on any atom is -0.462 e. The van der Waals surface area contributed by atoms with Crippen molar-refractivity contribution in [2.24, 2.45) is 0 Å². The summed E-state index contributed by atoms with van der Waals surface area (Å²) in [5, 5.41) is 25.5. The number of nitrogens with one attached hydrogen (secondary N) is 1. The van der Waals surface area contributed by atoms with Crippen molar-refractivity contribution in [2.45, 2.75) is 6.92 Å². The number of nitro groups is 2. The van der Waals surface area contributed by atoms with E-state index >= 15 is 0 Å². The molecule has 0 unspecified atom stereocenters. The first-order valence-corrected chi connectivity index (χ1v) is 12.2. The standard InChI is InChI=1S/C25H23N5O8S/c1-2-37-24(32)17-6-7-19(20(15-17)30(35)36)27-10-12-28(13-11-27)25(39)26-23(31)22-9-8-21(38-22)16-4-3-5-18(14-16)29(33)34/h3-9,14-15H,2,10-13H2,1H3,(H,26,31,39). The third kappa shape index (κ3) is 6.18. The number of piperazine rings is 1. The second-order valence-electron chi connectivity index (χ2n) is 8.39. The Hall–Kier alpha value is -4.85. The summed E-state index contributed by atoms with van der Waals surface area (Å²) in [7, 11) is 0. The minimum absolute atomic E-state index is 0.0187. The summed E-state index contributed by atoms with van der Waals surface area (Å²) in [6.07, 6.45) is 0. The summed E-state index contributed by atoms with van der Waals surface area (Å²) in [4.78, 5) is 49.9. The van der Waals surface area contributed by atoms with E-state index in [2.05, 4.69) is 5.32 Å². The Morgan fingerprint density at radius 1 is 1.03 bits per heavy atom. The first-order chi connectivity index (χ1) is 18.7. The fraction of sp³-hybridized carbons (Fsp3) is 0.240. The molecule has 0 radical (unpaired) electrons. The molecule has 3 aromatic rings. The smallest absolute Gasteiger partial charge is 0.338 e. The van der Waals surface area contributed by atoms with Crippen LogP contribution < -0.4 is 10.2 Å². The van der Waals surface area contributed by atoms with E-state index in [9.17, 15) is 29.8 Å². The van der Waals surface area contributed by atoms with Crippen LogP contribution in [0.5, 0.6) is 0 Å². The normalized spacial score (nSPS) is 13.1. The quantitative estimate of drug-likeness (QED) is 0.196. The average molecular weight is 554 g/mol. The molecule has 1 amide bonds. The molecule has 2 heterocycles. The number of nitrogens with zero attached hydrogens (tertiary/aromatic N) is 4. The predicted octanol–water partition coefficient (Wildman–Crippen LogP) is 3.78. The van der Waals surface area contributed by atoms with E-state index in [1.54, 1.807) is 17.9 Å². The summed E-state index contributed by atoms with van der Waals surface area (Å²) < 4.78 is 10.5. The van der Waals surface area contributed by atoms with E-state index in [0.29, 0.717) is 43.2 Å². The van der Waals surface area contributed by atoms with Gasteiger partial charge in [-0.3, -0.25) is 30.3 Å². The Bertz CT molecular complexity index is 1450. The summed E-state index contributed by atoms with van der Waals surface area (Å²) in [6.45, 7) is 3.34. The Morgan fingerprint density at radius 3 is 2.44 bits per heavy atom. The number of hydrogen-bond acceptors (Lipinski definition) is 10. The molecule has 1 saturated heterocycles. The van der Waals surface area contributed by atoms with Gasteiger partial charge in [0.25, 0.3) is 17.3 Å². The summed E-state index contributed by atoms with van der Waals surface area (Å²) in [6, 6.07) is 13.1. The van der Waals surface area contributed by atoms with Crippen LogP contribution in [0.15, 0.2) is 59.0 Å². The van der Waals surface area contributed by atoms with Crippen LogP contribution in [0.4, 0.5) is 17.1 Å². The number of carbonyl (C=O) groups is 2. The number of carbonyl (C=O) groups excluding carboxylic acids is 2. The van der Waals surface area contributed by atoms with Gasteiger partial charge in [0.2, 0.25) is 0 Å². The third-order valence-electron chi connectivity index (χ3n) is 5.98. The van der Waals surface area contributed by atoms with Crippen molar-refractivity contribution in [1.82, 2.24) is 10.2 Å². The zero-order valence-corrected chi connectivity index (χ0v) is 21.5. The van der Waals surface area contributed by atoms with Crippen LogP contribution in [0.25, 0.3) is 11.3 Å². The molecule has 1 aromatic heterocycles. The number of hydrogen-bond donors (Lipinski definition) is 1. The molecule has 0 atom stereocenters. The monoisotopic (exact) mass is 553 g/mol. The highest BCUT2D eigenvalue weighted by Crippen LogP contribution is 2.30. The third-order valence-corrected chi connectivity index (χ3v) is 6.34. The van der Waals surface area contributed by atoms with Crippen molar-refractivity contribution in [3.63, 3.8) is 0 Å².